The molecule has 3 rings (SSSR count). The topological polar surface area (TPSA) is 0 Å². The maximum atomic E-state index is 7.83. The van der Waals surface area contributed by atoms with Crippen LogP contribution >= 0.6 is 0 Å². The Labute approximate surface area is 83.5 Å². The van der Waals surface area contributed by atoms with Crippen molar-refractivity contribution in [1.82, 2.24) is 0 Å². The van der Waals surface area contributed by atoms with Gasteiger partial charge in [-0.1, -0.05) is 39.7 Å². The zero-order valence-corrected chi connectivity index (χ0v) is 7.52. The van der Waals surface area contributed by atoms with Crippen molar-refractivity contribution in [2.45, 2.75) is 34.0 Å². The first kappa shape index (κ1) is 3.48. The van der Waals surface area contributed by atoms with E-state index in [1.807, 2.05) is 19.9 Å². The van der Waals surface area contributed by atoms with E-state index >= 15 is 0 Å². The van der Waals surface area contributed by atoms with Crippen LogP contribution < -0.4 is 0 Å². The lowest BCUT2D eigenvalue weighted by atomic mass is 9.60. The molecular formula is C12H18. The molecule has 3 aliphatic carbocycles. The molecule has 66 valence electrons. The van der Waals surface area contributed by atoms with Gasteiger partial charge in [0.1, 0.15) is 0 Å². The van der Waals surface area contributed by atoms with Crippen LogP contribution in [0.3, 0.4) is 0 Å². The summed E-state index contributed by atoms with van der Waals surface area (Å²) < 4.78 is 47.0. The van der Waals surface area contributed by atoms with Gasteiger partial charge < -0.3 is 0 Å². The molecule has 0 aliphatic heterocycles. The van der Waals surface area contributed by atoms with Crippen LogP contribution in [0.25, 0.3) is 0 Å². The van der Waals surface area contributed by atoms with Gasteiger partial charge in [-0.2, -0.15) is 0 Å². The van der Waals surface area contributed by atoms with Crippen LogP contribution in [0.5, 0.6) is 0 Å². The molecule has 0 aromatic rings. The maximum Gasteiger partial charge on any atom is 0.0236 e. The molecule has 2 fully saturated rings. The zero-order valence-electron chi connectivity index (χ0n) is 13.5. The molecule has 0 heteroatoms. The van der Waals surface area contributed by atoms with E-state index in [1.165, 1.54) is 0 Å². The Morgan fingerprint density at radius 2 is 2.08 bits per heavy atom. The smallest absolute Gasteiger partial charge is 0.0236 e. The predicted molar refractivity (Wildman–Crippen MR) is 50.7 cm³/mol. The van der Waals surface area contributed by atoms with Crippen molar-refractivity contribution in [3.8, 4) is 0 Å². The molecule has 0 spiro atoms. The summed E-state index contributed by atoms with van der Waals surface area (Å²) in [5.41, 5.74) is -2.71. The SMILES string of the molecule is [2H]C([2H])([2H])C1(C([2H])([2H])[2H])[C@]2(C)[C@H]3CC=C[C@H]3[C@]12C. The molecule has 0 N–H and O–H groups in total. The van der Waals surface area contributed by atoms with E-state index in [9.17, 15) is 0 Å². The quantitative estimate of drug-likeness (QED) is 0.487. The highest BCUT2D eigenvalue weighted by atomic mass is 14.9. The average Bonchev–Trinajstić information content (AvgIpc) is 2.52. The largest absolute Gasteiger partial charge is 0.0879 e. The normalized spacial score (nSPS) is 73.2. The lowest BCUT2D eigenvalue weighted by molar-refractivity contribution is 0.0513. The van der Waals surface area contributed by atoms with E-state index in [2.05, 4.69) is 6.08 Å². The third kappa shape index (κ3) is 0.341. The molecule has 2 saturated carbocycles. The lowest BCUT2D eigenvalue weighted by Gasteiger charge is -2.44. The fraction of sp³-hybridized carbons (Fsp3) is 0.833. The van der Waals surface area contributed by atoms with Gasteiger partial charge in [-0.25, -0.2) is 0 Å². The first-order valence-corrected chi connectivity index (χ1v) is 4.64. The van der Waals surface area contributed by atoms with Crippen LogP contribution in [-0.2, 0) is 0 Å². The zero-order chi connectivity index (χ0) is 13.8. The Hall–Kier alpha value is -0.260. The van der Waals surface area contributed by atoms with Gasteiger partial charge in [0.05, 0.1) is 0 Å². The Morgan fingerprint density at radius 1 is 1.33 bits per heavy atom. The molecule has 0 bridgehead atoms. The van der Waals surface area contributed by atoms with Crippen molar-refractivity contribution in [1.29, 1.82) is 0 Å². The minimum atomic E-state index is -2.43. The van der Waals surface area contributed by atoms with E-state index < -0.39 is 29.9 Å². The molecule has 4 atom stereocenters. The molecule has 0 aromatic heterocycles. The monoisotopic (exact) mass is 168 g/mol. The minimum Gasteiger partial charge on any atom is -0.0879 e. The van der Waals surface area contributed by atoms with Gasteiger partial charge in [0, 0.05) is 8.22 Å². The van der Waals surface area contributed by atoms with Crippen molar-refractivity contribution < 1.29 is 8.22 Å². The van der Waals surface area contributed by atoms with Crippen LogP contribution in [0.1, 0.15) is 42.2 Å². The van der Waals surface area contributed by atoms with Gasteiger partial charge >= 0.3 is 0 Å². The molecule has 0 heterocycles. The number of allylic oxidation sites excluding steroid dienone is 2. The van der Waals surface area contributed by atoms with E-state index in [4.69, 9.17) is 8.22 Å². The van der Waals surface area contributed by atoms with Crippen molar-refractivity contribution in [2.75, 3.05) is 0 Å². The molecule has 0 saturated heterocycles. The third-order valence-corrected chi connectivity index (χ3v) is 5.15. The van der Waals surface area contributed by atoms with Crippen molar-refractivity contribution in [3.63, 3.8) is 0 Å². The number of hydrogen-bond donors (Lipinski definition) is 0. The molecular weight excluding hydrogens is 144 g/mol. The Bertz CT molecular complexity index is 430. The Kier molecular flexibility index (Phi) is 0.413. The molecule has 0 amide bonds. The van der Waals surface area contributed by atoms with Gasteiger partial charge in [0.25, 0.3) is 0 Å². The number of hydrogen-bond acceptors (Lipinski definition) is 0. The summed E-state index contributed by atoms with van der Waals surface area (Å²) in [6.45, 7) is -1.12. The van der Waals surface area contributed by atoms with Crippen LogP contribution in [0.2, 0.25) is 0 Å². The van der Waals surface area contributed by atoms with Gasteiger partial charge in [0.2, 0.25) is 0 Å². The van der Waals surface area contributed by atoms with Crippen LogP contribution in [0.4, 0.5) is 0 Å². The number of rotatable bonds is 0. The third-order valence-electron chi connectivity index (χ3n) is 5.15. The first-order valence-electron chi connectivity index (χ1n) is 7.64. The standard InChI is InChI=1S/C12H18/c1-10(2)11(3)8-6-5-7-9(8)12(10,11)4/h5-6,8-9H,7H2,1-4H3/t8-,9+,11-,12+/m1/s1/i1D3,2D3. The maximum absolute atomic E-state index is 7.83. The summed E-state index contributed by atoms with van der Waals surface area (Å²) >= 11 is 0. The van der Waals surface area contributed by atoms with Crippen LogP contribution in [0, 0.1) is 28.1 Å². The van der Waals surface area contributed by atoms with Gasteiger partial charge in [-0.15, -0.1) is 0 Å². The molecule has 0 aromatic carbocycles. The highest BCUT2D eigenvalue weighted by Crippen LogP contribution is 2.94. The second-order valence-corrected chi connectivity index (χ2v) is 4.95. The average molecular weight is 168 g/mol. The first-order chi connectivity index (χ1) is 7.98. The molecule has 3 aliphatic rings. The summed E-state index contributed by atoms with van der Waals surface area (Å²) in [6.07, 6.45) is 4.93. The number of fused-ring (bicyclic) bond motifs is 4. The molecule has 0 radical (unpaired) electrons. The van der Waals surface area contributed by atoms with Gasteiger partial charge in [0.15, 0.2) is 0 Å². The highest BCUT2D eigenvalue weighted by molar-refractivity contribution is 5.41. The van der Waals surface area contributed by atoms with E-state index in [-0.39, 0.29) is 11.8 Å². The van der Waals surface area contributed by atoms with Crippen LogP contribution in [-0.4, -0.2) is 0 Å². The highest BCUT2D eigenvalue weighted by Gasteiger charge is 2.89. The van der Waals surface area contributed by atoms with E-state index in [1.54, 1.807) is 0 Å². The van der Waals surface area contributed by atoms with Crippen molar-refractivity contribution in [2.24, 2.45) is 28.1 Å². The van der Waals surface area contributed by atoms with Crippen molar-refractivity contribution in [3.05, 3.63) is 12.2 Å². The van der Waals surface area contributed by atoms with Gasteiger partial charge in [-0.3, -0.25) is 0 Å². The van der Waals surface area contributed by atoms with E-state index in [0.717, 1.165) is 6.42 Å². The Balaban J connectivity index is 2.20. The van der Waals surface area contributed by atoms with Crippen LogP contribution in [0.15, 0.2) is 12.2 Å². The summed E-state index contributed by atoms with van der Waals surface area (Å²) in [5.74, 6) is 0.326. The fourth-order valence-electron chi connectivity index (χ4n) is 3.97. The fourth-order valence-corrected chi connectivity index (χ4v) is 3.97. The predicted octanol–water partition coefficient (Wildman–Crippen LogP) is 3.24. The summed E-state index contributed by atoms with van der Waals surface area (Å²) in [5, 5.41) is 0. The van der Waals surface area contributed by atoms with E-state index in [0.29, 0.717) is 0 Å². The second kappa shape index (κ2) is 1.42. The Morgan fingerprint density at radius 3 is 2.67 bits per heavy atom. The molecule has 0 nitrogen and oxygen atoms in total. The molecule has 0 unspecified atom stereocenters. The summed E-state index contributed by atoms with van der Waals surface area (Å²) in [7, 11) is 0. The second-order valence-electron chi connectivity index (χ2n) is 4.95. The summed E-state index contributed by atoms with van der Waals surface area (Å²) in [4.78, 5) is 0. The van der Waals surface area contributed by atoms with Crippen molar-refractivity contribution >= 4 is 0 Å². The minimum absolute atomic E-state index is 0.128. The lowest BCUT2D eigenvalue weighted by Crippen LogP contribution is -2.39. The molecule has 12 heavy (non-hydrogen) atoms. The van der Waals surface area contributed by atoms with Gasteiger partial charge in [-0.05, 0) is 34.5 Å². The summed E-state index contributed by atoms with van der Waals surface area (Å²) in [6, 6.07) is 0.